The molecule has 2 aromatic carbocycles. The number of aromatic nitrogens is 1. The van der Waals surface area contributed by atoms with Crippen molar-refractivity contribution in [1.29, 1.82) is 0 Å². The van der Waals surface area contributed by atoms with Gasteiger partial charge in [0, 0.05) is 34.5 Å². The minimum absolute atomic E-state index is 0.101. The number of carbonyl (C=O) groups is 2. The highest BCUT2D eigenvalue weighted by Crippen LogP contribution is 2.39. The number of nitrogens with one attached hydrogen (secondary N) is 1. The summed E-state index contributed by atoms with van der Waals surface area (Å²) < 4.78 is 4.91. The first-order chi connectivity index (χ1) is 12.6. The number of hydrogen-bond acceptors (Lipinski definition) is 3. The highest BCUT2D eigenvalue weighted by Gasteiger charge is 2.31. The van der Waals surface area contributed by atoms with Gasteiger partial charge in [-0.1, -0.05) is 30.3 Å². The van der Waals surface area contributed by atoms with E-state index in [1.54, 1.807) is 6.07 Å². The van der Waals surface area contributed by atoms with E-state index >= 15 is 0 Å². The van der Waals surface area contributed by atoms with Crippen LogP contribution in [0.25, 0.3) is 10.9 Å². The van der Waals surface area contributed by atoms with Gasteiger partial charge in [0.2, 0.25) is 0 Å². The number of rotatable bonds is 3. The van der Waals surface area contributed by atoms with Gasteiger partial charge in [0.1, 0.15) is 0 Å². The first-order valence-electron chi connectivity index (χ1n) is 8.90. The Bertz CT molecular complexity index is 1020. The molecular formula is C22H21NO3. The van der Waals surface area contributed by atoms with E-state index in [-0.39, 0.29) is 11.7 Å². The topological polar surface area (TPSA) is 59.2 Å². The largest absolute Gasteiger partial charge is 0.465 e. The number of aromatic amines is 1. The van der Waals surface area contributed by atoms with Gasteiger partial charge in [0.05, 0.1) is 12.7 Å². The molecule has 1 aliphatic rings. The molecule has 1 heterocycles. The van der Waals surface area contributed by atoms with Crippen molar-refractivity contribution >= 4 is 22.7 Å². The van der Waals surface area contributed by atoms with Gasteiger partial charge < -0.3 is 9.72 Å². The summed E-state index contributed by atoms with van der Waals surface area (Å²) in [5, 5.41) is 0.703. The predicted molar refractivity (Wildman–Crippen MR) is 101 cm³/mol. The van der Waals surface area contributed by atoms with Crippen molar-refractivity contribution in [1.82, 2.24) is 4.98 Å². The van der Waals surface area contributed by atoms with E-state index in [0.29, 0.717) is 22.9 Å². The third kappa shape index (κ3) is 2.62. The van der Waals surface area contributed by atoms with Gasteiger partial charge in [-0.15, -0.1) is 0 Å². The van der Waals surface area contributed by atoms with E-state index in [2.05, 4.69) is 30.1 Å². The first kappa shape index (κ1) is 16.6. The van der Waals surface area contributed by atoms with Crippen molar-refractivity contribution in [2.45, 2.75) is 32.1 Å². The number of ketones is 1. The molecule has 0 aliphatic heterocycles. The average Bonchev–Trinajstić information content (AvgIpc) is 3.05. The van der Waals surface area contributed by atoms with Crippen LogP contribution in [0.2, 0.25) is 0 Å². The molecule has 1 aromatic heterocycles. The Balaban J connectivity index is 1.85. The third-order valence-corrected chi connectivity index (χ3v) is 5.39. The van der Waals surface area contributed by atoms with Gasteiger partial charge in [-0.25, -0.2) is 4.79 Å². The number of fused-ring (bicyclic) bond motifs is 3. The molecule has 4 rings (SSSR count). The highest BCUT2D eigenvalue weighted by molar-refractivity contribution is 6.16. The van der Waals surface area contributed by atoms with E-state index in [4.69, 9.17) is 4.74 Å². The Morgan fingerprint density at radius 1 is 1.19 bits per heavy atom. The summed E-state index contributed by atoms with van der Waals surface area (Å²) in [6.45, 7) is 2.12. The minimum Gasteiger partial charge on any atom is -0.465 e. The van der Waals surface area contributed by atoms with E-state index in [0.717, 1.165) is 24.1 Å². The second-order valence-corrected chi connectivity index (χ2v) is 6.92. The maximum atomic E-state index is 12.7. The second-order valence-electron chi connectivity index (χ2n) is 6.92. The van der Waals surface area contributed by atoms with E-state index in [1.165, 1.54) is 18.2 Å². The normalized spacial score (nSPS) is 16.5. The number of H-pyrrole nitrogens is 1. The number of benzene rings is 2. The predicted octanol–water partition coefficient (Wildman–Crippen LogP) is 4.57. The lowest BCUT2D eigenvalue weighted by molar-refractivity contribution is 0.0603. The summed E-state index contributed by atoms with van der Waals surface area (Å²) >= 11 is 0. The summed E-state index contributed by atoms with van der Waals surface area (Å²) in [5.41, 5.74) is 5.46. The third-order valence-electron chi connectivity index (χ3n) is 5.39. The number of Topliss-reactive ketones (excluding diaryl/α,β-unsaturated/α-hetero) is 1. The molecule has 0 saturated carbocycles. The number of methoxy groups -OCH3 is 1. The average molecular weight is 347 g/mol. The molecule has 0 amide bonds. The van der Waals surface area contributed by atoms with Crippen LogP contribution >= 0.6 is 0 Å². The van der Waals surface area contributed by atoms with E-state index in [9.17, 15) is 9.59 Å². The molecule has 1 unspecified atom stereocenters. The monoisotopic (exact) mass is 347 g/mol. The van der Waals surface area contributed by atoms with Crippen LogP contribution in [0.4, 0.5) is 0 Å². The van der Waals surface area contributed by atoms with Gasteiger partial charge in [-0.2, -0.15) is 0 Å². The molecule has 4 heteroatoms. The molecule has 3 aromatic rings. The van der Waals surface area contributed by atoms with Gasteiger partial charge in [-0.05, 0) is 43.0 Å². The summed E-state index contributed by atoms with van der Waals surface area (Å²) in [4.78, 5) is 28.3. The smallest absolute Gasteiger partial charge is 0.338 e. The lowest BCUT2D eigenvalue weighted by Gasteiger charge is -2.23. The number of esters is 1. The Morgan fingerprint density at radius 2 is 2.00 bits per heavy atom. The number of hydrogen-bond donors (Lipinski definition) is 1. The van der Waals surface area contributed by atoms with Gasteiger partial charge >= 0.3 is 5.97 Å². The summed E-state index contributed by atoms with van der Waals surface area (Å²) in [7, 11) is 1.36. The molecule has 4 nitrogen and oxygen atoms in total. The van der Waals surface area contributed by atoms with Crippen LogP contribution < -0.4 is 0 Å². The lowest BCUT2D eigenvalue weighted by atomic mass is 9.81. The molecule has 26 heavy (non-hydrogen) atoms. The molecule has 0 fully saturated rings. The van der Waals surface area contributed by atoms with Crippen molar-refractivity contribution in [2.24, 2.45) is 0 Å². The fourth-order valence-corrected chi connectivity index (χ4v) is 4.03. The quantitative estimate of drug-likeness (QED) is 0.706. The van der Waals surface area contributed by atoms with Gasteiger partial charge in [0.15, 0.2) is 5.78 Å². The molecule has 0 bridgehead atoms. The highest BCUT2D eigenvalue weighted by atomic mass is 16.5. The van der Waals surface area contributed by atoms with Gasteiger partial charge in [0.25, 0.3) is 0 Å². The molecule has 1 aliphatic carbocycles. The van der Waals surface area contributed by atoms with Crippen LogP contribution in [0.5, 0.6) is 0 Å². The second kappa shape index (κ2) is 6.45. The Morgan fingerprint density at radius 3 is 2.77 bits per heavy atom. The maximum absolute atomic E-state index is 12.7. The van der Waals surface area contributed by atoms with E-state index < -0.39 is 5.97 Å². The standard InChI is InChI=1S/C22H21NO3/c1-13-6-3-4-7-14(13)12-15-10-11-18(24)20-19-16(22(25)26-2)8-5-9-17(19)23-21(15)20/h3-9,15,23H,10-12H2,1-2H3. The van der Waals surface area contributed by atoms with Gasteiger partial charge in [-0.3, -0.25) is 4.79 Å². The molecule has 132 valence electrons. The lowest BCUT2D eigenvalue weighted by Crippen LogP contribution is -2.17. The Labute approximate surface area is 152 Å². The number of ether oxygens (including phenoxy) is 1. The van der Waals surface area contributed by atoms with Crippen LogP contribution in [0.15, 0.2) is 42.5 Å². The molecule has 0 spiro atoms. The van der Waals surface area contributed by atoms with Crippen molar-refractivity contribution in [3.8, 4) is 0 Å². The zero-order valence-corrected chi connectivity index (χ0v) is 15.0. The fraction of sp³-hybridized carbons (Fsp3) is 0.273. The van der Waals surface area contributed by atoms with Crippen LogP contribution in [-0.2, 0) is 11.2 Å². The minimum atomic E-state index is -0.411. The van der Waals surface area contributed by atoms with E-state index in [1.807, 2.05) is 18.2 Å². The first-order valence-corrected chi connectivity index (χ1v) is 8.90. The zero-order chi connectivity index (χ0) is 18.3. The van der Waals surface area contributed by atoms with Crippen LogP contribution in [-0.4, -0.2) is 23.8 Å². The molecule has 0 radical (unpaired) electrons. The van der Waals surface area contributed by atoms with Crippen molar-refractivity contribution in [3.63, 3.8) is 0 Å². The molecule has 1 atom stereocenters. The number of carbonyl (C=O) groups excluding carboxylic acids is 2. The zero-order valence-electron chi connectivity index (χ0n) is 15.0. The molecule has 1 N–H and O–H groups in total. The van der Waals surface area contributed by atoms with Crippen LogP contribution in [0.3, 0.4) is 0 Å². The Kier molecular flexibility index (Phi) is 4.11. The fourth-order valence-electron chi connectivity index (χ4n) is 4.03. The number of aryl methyl sites for hydroxylation is 1. The summed E-state index contributed by atoms with van der Waals surface area (Å²) in [6, 6.07) is 13.8. The van der Waals surface area contributed by atoms with Crippen LogP contribution in [0.1, 0.15) is 56.3 Å². The SMILES string of the molecule is COC(=O)c1cccc2[nH]c3c(c12)C(=O)CCC3Cc1ccccc1C. The molecule has 0 saturated heterocycles. The maximum Gasteiger partial charge on any atom is 0.338 e. The van der Waals surface area contributed by atoms with Crippen molar-refractivity contribution < 1.29 is 14.3 Å². The van der Waals surface area contributed by atoms with Crippen molar-refractivity contribution in [3.05, 3.63) is 70.4 Å². The summed E-state index contributed by atoms with van der Waals surface area (Å²) in [5.74, 6) is -0.0726. The van der Waals surface area contributed by atoms with Crippen molar-refractivity contribution in [2.75, 3.05) is 7.11 Å². The Hall–Kier alpha value is -2.88. The van der Waals surface area contributed by atoms with Crippen LogP contribution in [0, 0.1) is 6.92 Å². The molecular weight excluding hydrogens is 326 g/mol. The summed E-state index contributed by atoms with van der Waals surface area (Å²) in [6.07, 6.45) is 2.21.